The number of alkyl halides is 6. The minimum Gasteiger partial charge on any atom is -0.393 e. The Balaban J connectivity index is 1.43. The van der Waals surface area contributed by atoms with Gasteiger partial charge in [0.2, 0.25) is 0 Å². The molecule has 0 aliphatic heterocycles. The molecule has 0 saturated heterocycles. The minimum atomic E-state index is -5.74. The normalized spacial score (nSPS) is 41.0. The Labute approximate surface area is 204 Å². The molecule has 8 heteroatoms. The summed E-state index contributed by atoms with van der Waals surface area (Å²) >= 11 is 0. The van der Waals surface area contributed by atoms with Crippen molar-refractivity contribution in [3.8, 4) is 0 Å². The predicted molar refractivity (Wildman–Crippen MR) is 121 cm³/mol. The maximum Gasteiger partial charge on any atom is 0.426 e. The van der Waals surface area contributed by atoms with Gasteiger partial charge in [-0.2, -0.15) is 26.3 Å². The van der Waals surface area contributed by atoms with E-state index >= 15 is 0 Å². The number of aliphatic hydroxyl groups excluding tert-OH is 1. The average Bonchev–Trinajstić information content (AvgIpc) is 3.09. The van der Waals surface area contributed by atoms with Crippen molar-refractivity contribution in [2.75, 3.05) is 0 Å². The zero-order chi connectivity index (χ0) is 26.0. The second-order valence-corrected chi connectivity index (χ2v) is 12.6. The van der Waals surface area contributed by atoms with Crippen molar-refractivity contribution in [1.29, 1.82) is 0 Å². The third-order valence-corrected chi connectivity index (χ3v) is 11.0. The number of allylic oxidation sites excluding steroid dienone is 1. The zero-order valence-corrected chi connectivity index (χ0v) is 21.0. The van der Waals surface area contributed by atoms with Crippen LogP contribution in [0.2, 0.25) is 0 Å². The molecule has 4 aliphatic carbocycles. The summed E-state index contributed by atoms with van der Waals surface area (Å²) in [5, 5.41) is 19.7. The number of aliphatic hydroxyl groups is 2. The summed E-state index contributed by atoms with van der Waals surface area (Å²) in [6.45, 7) is 6.63. The lowest BCUT2D eigenvalue weighted by molar-refractivity contribution is -0.370. The van der Waals surface area contributed by atoms with Gasteiger partial charge in [0, 0.05) is 0 Å². The van der Waals surface area contributed by atoms with Crippen LogP contribution in [0.15, 0.2) is 11.6 Å². The highest BCUT2D eigenvalue weighted by atomic mass is 19.4. The van der Waals surface area contributed by atoms with Gasteiger partial charge >= 0.3 is 12.4 Å². The maximum atomic E-state index is 13.0. The summed E-state index contributed by atoms with van der Waals surface area (Å²) < 4.78 is 78.3. The van der Waals surface area contributed by atoms with Crippen LogP contribution in [0.3, 0.4) is 0 Å². The van der Waals surface area contributed by atoms with Crippen LogP contribution in [-0.2, 0) is 0 Å². The second kappa shape index (κ2) is 8.92. The van der Waals surface area contributed by atoms with E-state index in [2.05, 4.69) is 19.9 Å². The molecule has 0 heterocycles. The molecule has 0 aromatic carbocycles. The molecule has 0 amide bonds. The first-order valence-corrected chi connectivity index (χ1v) is 13.3. The van der Waals surface area contributed by atoms with Crippen molar-refractivity contribution in [1.82, 2.24) is 0 Å². The van der Waals surface area contributed by atoms with Crippen LogP contribution in [0.1, 0.15) is 91.4 Å². The van der Waals surface area contributed by atoms with Gasteiger partial charge in [-0.15, -0.1) is 0 Å². The first-order valence-electron chi connectivity index (χ1n) is 13.3. The Hall–Kier alpha value is -0.760. The summed E-state index contributed by atoms with van der Waals surface area (Å²) in [5.41, 5.74) is -3.06. The van der Waals surface area contributed by atoms with Gasteiger partial charge in [0.1, 0.15) is 0 Å². The van der Waals surface area contributed by atoms with Gasteiger partial charge in [0.05, 0.1) is 6.10 Å². The number of hydrogen-bond acceptors (Lipinski definition) is 2. The van der Waals surface area contributed by atoms with Crippen molar-refractivity contribution in [2.24, 2.45) is 40.4 Å². The molecule has 3 saturated carbocycles. The van der Waals surface area contributed by atoms with Crippen molar-refractivity contribution in [2.45, 2.75) is 115 Å². The summed E-state index contributed by atoms with van der Waals surface area (Å²) in [6, 6.07) is 0. The molecule has 2 nitrogen and oxygen atoms in total. The van der Waals surface area contributed by atoms with Crippen LogP contribution in [-0.4, -0.2) is 34.3 Å². The average molecular weight is 511 g/mol. The van der Waals surface area contributed by atoms with Crippen LogP contribution < -0.4 is 0 Å². The van der Waals surface area contributed by atoms with E-state index in [9.17, 15) is 36.6 Å². The van der Waals surface area contributed by atoms with E-state index in [0.29, 0.717) is 17.8 Å². The quantitative estimate of drug-likeness (QED) is 0.296. The highest BCUT2D eigenvalue weighted by molar-refractivity contribution is 5.25. The van der Waals surface area contributed by atoms with E-state index in [4.69, 9.17) is 0 Å². The molecule has 0 bridgehead atoms. The number of hydrogen-bond donors (Lipinski definition) is 2. The molecule has 0 aromatic rings. The largest absolute Gasteiger partial charge is 0.426 e. The van der Waals surface area contributed by atoms with Gasteiger partial charge in [-0.25, -0.2) is 0 Å². The molecule has 2 N–H and O–H groups in total. The van der Waals surface area contributed by atoms with Gasteiger partial charge in [-0.05, 0) is 105 Å². The summed E-state index contributed by atoms with van der Waals surface area (Å²) in [7, 11) is 0. The monoisotopic (exact) mass is 510 g/mol. The van der Waals surface area contributed by atoms with Crippen LogP contribution in [0.5, 0.6) is 0 Å². The Morgan fingerprint density at radius 1 is 0.971 bits per heavy atom. The van der Waals surface area contributed by atoms with Crippen LogP contribution in [0.4, 0.5) is 26.3 Å². The molecule has 35 heavy (non-hydrogen) atoms. The van der Waals surface area contributed by atoms with Gasteiger partial charge in [-0.3, -0.25) is 0 Å². The molecular formula is C27H40F6O2. The summed E-state index contributed by atoms with van der Waals surface area (Å²) in [4.78, 5) is 0. The topological polar surface area (TPSA) is 40.5 Å². The lowest BCUT2D eigenvalue weighted by atomic mass is 9.47. The first-order chi connectivity index (χ1) is 16.0. The van der Waals surface area contributed by atoms with Crippen LogP contribution >= 0.6 is 0 Å². The molecule has 3 fully saturated rings. The molecule has 0 radical (unpaired) electrons. The molecule has 8 atom stereocenters. The lowest BCUT2D eigenvalue weighted by Gasteiger charge is -2.58. The zero-order valence-electron chi connectivity index (χ0n) is 21.0. The Kier molecular flexibility index (Phi) is 6.95. The number of halogens is 6. The van der Waals surface area contributed by atoms with Crippen molar-refractivity contribution in [3.63, 3.8) is 0 Å². The van der Waals surface area contributed by atoms with Crippen molar-refractivity contribution >= 4 is 0 Å². The molecule has 4 aliphatic rings. The summed E-state index contributed by atoms with van der Waals surface area (Å²) in [6.07, 6.45) is -3.02. The minimum absolute atomic E-state index is 0.00220. The predicted octanol–water partition coefficient (Wildman–Crippen LogP) is 7.59. The Morgan fingerprint density at radius 3 is 2.26 bits per heavy atom. The molecule has 202 valence electrons. The van der Waals surface area contributed by atoms with Gasteiger partial charge in [0.25, 0.3) is 5.60 Å². The standard InChI is InChI=1S/C27H40F6O2/c1-16(5-4-12-25(35,26(28,29)30)27(31,32)33)20-8-9-21-19-7-6-17-15-18(34)10-13-23(17,2)22(19)11-14-24(20,21)3/h6,16,18-22,34-35H,4-5,7-15H2,1-3H3/t16-,18?,19+,20-,21+,22+,23+,24-/m1/s1. The fraction of sp³-hybridized carbons (Fsp3) is 0.926. The number of fused-ring (bicyclic) bond motifs is 5. The molecule has 0 spiro atoms. The van der Waals surface area contributed by atoms with Crippen molar-refractivity contribution < 1.29 is 36.6 Å². The van der Waals surface area contributed by atoms with Gasteiger partial charge < -0.3 is 10.2 Å². The fourth-order valence-corrected chi connectivity index (χ4v) is 8.94. The van der Waals surface area contributed by atoms with E-state index in [-0.39, 0.29) is 41.6 Å². The summed E-state index contributed by atoms with van der Waals surface area (Å²) in [5.74, 6) is 1.91. The number of rotatable bonds is 5. The molecule has 4 rings (SSSR count). The molecule has 0 aromatic heterocycles. The van der Waals surface area contributed by atoms with E-state index in [1.165, 1.54) is 5.57 Å². The first kappa shape index (κ1) is 27.3. The molecule has 1 unspecified atom stereocenters. The maximum absolute atomic E-state index is 13.0. The lowest BCUT2D eigenvalue weighted by Crippen LogP contribution is -2.56. The smallest absolute Gasteiger partial charge is 0.393 e. The van der Waals surface area contributed by atoms with E-state index in [0.717, 1.165) is 51.4 Å². The third-order valence-electron chi connectivity index (χ3n) is 11.0. The SMILES string of the molecule is C[C@H](CCCC(O)(C(F)(F)F)C(F)(F)F)[C@H]1CC[C@H]2[C@@H]3CC=C4CC(O)CC[C@]4(C)[C@H]3CC[C@]12C. The van der Waals surface area contributed by atoms with Crippen LogP contribution in [0, 0.1) is 40.4 Å². The van der Waals surface area contributed by atoms with Gasteiger partial charge in [-0.1, -0.05) is 38.8 Å². The van der Waals surface area contributed by atoms with Gasteiger partial charge in [0.15, 0.2) is 0 Å². The van der Waals surface area contributed by atoms with E-state index in [1.54, 1.807) is 0 Å². The third kappa shape index (κ3) is 4.36. The van der Waals surface area contributed by atoms with Crippen LogP contribution in [0.25, 0.3) is 0 Å². The Morgan fingerprint density at radius 2 is 1.63 bits per heavy atom. The highest BCUT2D eigenvalue weighted by Crippen LogP contribution is 2.67. The second-order valence-electron chi connectivity index (χ2n) is 12.6. The van der Waals surface area contributed by atoms with E-state index in [1.807, 2.05) is 6.92 Å². The highest BCUT2D eigenvalue weighted by Gasteiger charge is 2.69. The fourth-order valence-electron chi connectivity index (χ4n) is 8.94. The van der Waals surface area contributed by atoms with E-state index < -0.39 is 24.4 Å². The van der Waals surface area contributed by atoms with Crippen molar-refractivity contribution in [3.05, 3.63) is 11.6 Å². The molecular weight excluding hydrogens is 470 g/mol. The Bertz CT molecular complexity index is 805.